The van der Waals surface area contributed by atoms with Crippen molar-refractivity contribution < 1.29 is 9.90 Å². The highest BCUT2D eigenvalue weighted by Gasteiger charge is 2.31. The number of carbonyl (C=O) groups is 1. The first-order chi connectivity index (χ1) is 8.59. The Morgan fingerprint density at radius 3 is 2.67 bits per heavy atom. The SMILES string of the molecule is CC(O)C1CCN(C(=O)C(N)c2ccccc2)C1. The van der Waals surface area contributed by atoms with Gasteiger partial charge in [-0.3, -0.25) is 4.79 Å². The van der Waals surface area contributed by atoms with Crippen LogP contribution in [0, 0.1) is 5.92 Å². The summed E-state index contributed by atoms with van der Waals surface area (Å²) in [5.74, 6) is 0.126. The minimum Gasteiger partial charge on any atom is -0.393 e. The van der Waals surface area contributed by atoms with Crippen LogP contribution in [0.3, 0.4) is 0 Å². The third-order valence-corrected chi connectivity index (χ3v) is 3.64. The Kier molecular flexibility index (Phi) is 3.99. The molecule has 0 spiro atoms. The molecule has 4 heteroatoms. The molecular formula is C14H20N2O2. The van der Waals surface area contributed by atoms with Crippen LogP contribution in [0.2, 0.25) is 0 Å². The minimum atomic E-state index is -0.598. The summed E-state index contributed by atoms with van der Waals surface area (Å²) in [7, 11) is 0. The van der Waals surface area contributed by atoms with Gasteiger partial charge in [-0.25, -0.2) is 0 Å². The van der Waals surface area contributed by atoms with Gasteiger partial charge in [0.25, 0.3) is 0 Å². The number of amides is 1. The summed E-state index contributed by atoms with van der Waals surface area (Å²) >= 11 is 0. The number of benzene rings is 1. The molecule has 0 radical (unpaired) electrons. The number of hydrogen-bond donors (Lipinski definition) is 2. The van der Waals surface area contributed by atoms with E-state index >= 15 is 0 Å². The van der Waals surface area contributed by atoms with Crippen molar-refractivity contribution in [3.05, 3.63) is 35.9 Å². The smallest absolute Gasteiger partial charge is 0.244 e. The van der Waals surface area contributed by atoms with E-state index in [1.165, 1.54) is 0 Å². The number of rotatable bonds is 3. The van der Waals surface area contributed by atoms with Crippen molar-refractivity contribution in [3.8, 4) is 0 Å². The molecule has 3 N–H and O–H groups in total. The molecule has 3 atom stereocenters. The maximum Gasteiger partial charge on any atom is 0.244 e. The second-order valence-electron chi connectivity index (χ2n) is 4.96. The lowest BCUT2D eigenvalue weighted by atomic mass is 10.0. The summed E-state index contributed by atoms with van der Waals surface area (Å²) in [6.45, 7) is 3.07. The molecule has 3 unspecified atom stereocenters. The summed E-state index contributed by atoms with van der Waals surface area (Å²) in [6.07, 6.45) is 0.487. The molecule has 1 heterocycles. The van der Waals surface area contributed by atoms with Crippen molar-refractivity contribution in [2.45, 2.75) is 25.5 Å². The third-order valence-electron chi connectivity index (χ3n) is 3.64. The number of nitrogens with two attached hydrogens (primary N) is 1. The highest BCUT2D eigenvalue weighted by atomic mass is 16.3. The fourth-order valence-corrected chi connectivity index (χ4v) is 2.38. The summed E-state index contributed by atoms with van der Waals surface area (Å²) < 4.78 is 0. The highest BCUT2D eigenvalue weighted by Crippen LogP contribution is 2.22. The second kappa shape index (κ2) is 5.50. The third kappa shape index (κ3) is 2.71. The standard InChI is InChI=1S/C14H20N2O2/c1-10(17)12-7-8-16(9-12)14(18)13(15)11-5-3-2-4-6-11/h2-6,10,12-13,17H,7-9,15H2,1H3. The summed E-state index contributed by atoms with van der Waals surface area (Å²) in [4.78, 5) is 14.0. The Bertz CT molecular complexity index is 406. The molecule has 0 saturated carbocycles. The lowest BCUT2D eigenvalue weighted by Crippen LogP contribution is -2.37. The molecule has 0 aromatic heterocycles. The first kappa shape index (κ1) is 13.1. The molecule has 1 aromatic rings. The van der Waals surface area contributed by atoms with Gasteiger partial charge < -0.3 is 15.7 Å². The van der Waals surface area contributed by atoms with E-state index < -0.39 is 6.04 Å². The van der Waals surface area contributed by atoms with Gasteiger partial charge in [-0.1, -0.05) is 30.3 Å². The van der Waals surface area contributed by atoms with E-state index in [-0.39, 0.29) is 17.9 Å². The topological polar surface area (TPSA) is 66.6 Å². The zero-order valence-electron chi connectivity index (χ0n) is 10.6. The van der Waals surface area contributed by atoms with Gasteiger partial charge in [-0.2, -0.15) is 0 Å². The quantitative estimate of drug-likeness (QED) is 0.835. The van der Waals surface area contributed by atoms with Crippen LogP contribution in [0.5, 0.6) is 0 Å². The lowest BCUT2D eigenvalue weighted by Gasteiger charge is -2.21. The average Bonchev–Trinajstić information content (AvgIpc) is 2.88. The van der Waals surface area contributed by atoms with Gasteiger partial charge in [0.1, 0.15) is 6.04 Å². The van der Waals surface area contributed by atoms with Crippen molar-refractivity contribution in [1.29, 1.82) is 0 Å². The maximum atomic E-state index is 12.2. The Balaban J connectivity index is 2.00. The maximum absolute atomic E-state index is 12.2. The molecule has 1 fully saturated rings. The van der Waals surface area contributed by atoms with E-state index in [0.29, 0.717) is 13.1 Å². The number of likely N-dealkylation sites (tertiary alicyclic amines) is 1. The predicted molar refractivity (Wildman–Crippen MR) is 69.7 cm³/mol. The van der Waals surface area contributed by atoms with E-state index in [0.717, 1.165) is 12.0 Å². The number of nitrogens with zero attached hydrogens (tertiary/aromatic N) is 1. The van der Waals surface area contributed by atoms with Crippen molar-refractivity contribution in [1.82, 2.24) is 4.90 Å². The van der Waals surface area contributed by atoms with Crippen molar-refractivity contribution in [3.63, 3.8) is 0 Å². The summed E-state index contributed by atoms with van der Waals surface area (Å²) in [5, 5.41) is 9.54. The summed E-state index contributed by atoms with van der Waals surface area (Å²) in [6, 6.07) is 8.80. The number of carbonyl (C=O) groups excluding carboxylic acids is 1. The average molecular weight is 248 g/mol. The first-order valence-corrected chi connectivity index (χ1v) is 6.37. The van der Waals surface area contributed by atoms with Gasteiger partial charge in [0.2, 0.25) is 5.91 Å². The van der Waals surface area contributed by atoms with Crippen LogP contribution in [0.15, 0.2) is 30.3 Å². The zero-order valence-corrected chi connectivity index (χ0v) is 10.6. The molecule has 1 aromatic carbocycles. The fraction of sp³-hybridized carbons (Fsp3) is 0.500. The van der Waals surface area contributed by atoms with Crippen molar-refractivity contribution in [2.24, 2.45) is 11.7 Å². The summed E-state index contributed by atoms with van der Waals surface area (Å²) in [5.41, 5.74) is 6.82. The molecule has 1 saturated heterocycles. The molecule has 0 aliphatic carbocycles. The molecular weight excluding hydrogens is 228 g/mol. The van der Waals surface area contributed by atoms with Crippen LogP contribution in [0.4, 0.5) is 0 Å². The molecule has 18 heavy (non-hydrogen) atoms. The van der Waals surface area contributed by atoms with Gasteiger partial charge in [-0.15, -0.1) is 0 Å². The second-order valence-corrected chi connectivity index (χ2v) is 4.96. The number of aliphatic hydroxyl groups is 1. The lowest BCUT2D eigenvalue weighted by molar-refractivity contribution is -0.131. The Morgan fingerprint density at radius 1 is 1.44 bits per heavy atom. The van der Waals surface area contributed by atoms with Crippen molar-refractivity contribution >= 4 is 5.91 Å². The molecule has 1 aliphatic heterocycles. The van der Waals surface area contributed by atoms with E-state index in [4.69, 9.17) is 5.73 Å². The van der Waals surface area contributed by atoms with Crippen LogP contribution in [0.1, 0.15) is 24.9 Å². The van der Waals surface area contributed by atoms with Gasteiger partial charge in [0.05, 0.1) is 6.10 Å². The Labute approximate surface area is 107 Å². The van der Waals surface area contributed by atoms with Gasteiger partial charge in [-0.05, 0) is 18.9 Å². The van der Waals surface area contributed by atoms with Crippen molar-refractivity contribution in [2.75, 3.05) is 13.1 Å². The molecule has 98 valence electrons. The molecule has 1 aliphatic rings. The molecule has 2 rings (SSSR count). The zero-order chi connectivity index (χ0) is 13.1. The van der Waals surface area contributed by atoms with E-state index in [2.05, 4.69) is 0 Å². The van der Waals surface area contributed by atoms with Crippen LogP contribution >= 0.6 is 0 Å². The normalized spacial score (nSPS) is 22.8. The highest BCUT2D eigenvalue weighted by molar-refractivity contribution is 5.83. The van der Waals surface area contributed by atoms with Gasteiger partial charge >= 0.3 is 0 Å². The largest absolute Gasteiger partial charge is 0.393 e. The van der Waals surface area contributed by atoms with E-state index in [1.807, 2.05) is 30.3 Å². The van der Waals surface area contributed by atoms with E-state index in [1.54, 1.807) is 11.8 Å². The monoisotopic (exact) mass is 248 g/mol. The number of aliphatic hydroxyl groups excluding tert-OH is 1. The Hall–Kier alpha value is -1.39. The van der Waals surface area contributed by atoms with Crippen LogP contribution in [-0.4, -0.2) is 35.1 Å². The molecule has 1 amide bonds. The molecule has 4 nitrogen and oxygen atoms in total. The van der Waals surface area contributed by atoms with Gasteiger partial charge in [0.15, 0.2) is 0 Å². The van der Waals surface area contributed by atoms with Crippen LogP contribution < -0.4 is 5.73 Å². The van der Waals surface area contributed by atoms with Gasteiger partial charge in [0, 0.05) is 19.0 Å². The van der Waals surface area contributed by atoms with Crippen LogP contribution in [-0.2, 0) is 4.79 Å². The first-order valence-electron chi connectivity index (χ1n) is 6.37. The fourth-order valence-electron chi connectivity index (χ4n) is 2.38. The molecule has 0 bridgehead atoms. The Morgan fingerprint density at radius 2 is 2.11 bits per heavy atom. The van der Waals surface area contributed by atoms with Crippen LogP contribution in [0.25, 0.3) is 0 Å². The minimum absolute atomic E-state index is 0.0515. The predicted octanol–water partition coefficient (Wildman–Crippen LogP) is 0.916. The van der Waals surface area contributed by atoms with E-state index in [9.17, 15) is 9.90 Å². The number of hydrogen-bond acceptors (Lipinski definition) is 3.